The van der Waals surface area contributed by atoms with E-state index >= 15 is 0 Å². The highest BCUT2D eigenvalue weighted by Gasteiger charge is 2.29. The fraction of sp³-hybridized carbons (Fsp3) is 0.444. The fourth-order valence-electron chi connectivity index (χ4n) is 3.26. The van der Waals surface area contributed by atoms with Gasteiger partial charge in [0, 0.05) is 18.3 Å². The lowest BCUT2D eigenvalue weighted by atomic mass is 9.98. The molecule has 2 unspecified atom stereocenters. The predicted octanol–water partition coefficient (Wildman–Crippen LogP) is 3.56. The van der Waals surface area contributed by atoms with Crippen molar-refractivity contribution < 1.29 is 13.9 Å². The number of nitrogens with one attached hydrogen (secondary N) is 2. The molecule has 134 valence electrons. The Labute approximate surface area is 146 Å². The Morgan fingerprint density at radius 1 is 1.48 bits per heavy atom. The van der Waals surface area contributed by atoms with E-state index in [-0.39, 0.29) is 23.9 Å². The average molecular weight is 346 g/mol. The number of aromatic amines is 1. The maximum absolute atomic E-state index is 13.6. The van der Waals surface area contributed by atoms with E-state index in [1.165, 1.54) is 13.2 Å². The standard InChI is InChI=1S/C18H23FN4O2/c1-12(13-6-7-15(19)17(9-13)25-2)22-18(24)23-8-4-3-5-16(23)14-10-20-21-11-14/h6-7,9-12,16H,3-5,8H2,1-2H3,(H,20,21)(H,22,24). The molecule has 2 atom stereocenters. The van der Waals surface area contributed by atoms with E-state index in [9.17, 15) is 9.18 Å². The minimum absolute atomic E-state index is 0.0300. The van der Waals surface area contributed by atoms with Crippen LogP contribution in [0.4, 0.5) is 9.18 Å². The van der Waals surface area contributed by atoms with E-state index in [1.54, 1.807) is 18.3 Å². The Morgan fingerprint density at radius 3 is 3.04 bits per heavy atom. The smallest absolute Gasteiger partial charge is 0.318 e. The highest BCUT2D eigenvalue weighted by atomic mass is 19.1. The summed E-state index contributed by atoms with van der Waals surface area (Å²) in [6.45, 7) is 2.59. The molecule has 1 aliphatic heterocycles. The number of rotatable bonds is 4. The van der Waals surface area contributed by atoms with E-state index in [2.05, 4.69) is 15.5 Å². The van der Waals surface area contributed by atoms with Crippen LogP contribution in [0.1, 0.15) is 49.4 Å². The third-order valence-corrected chi connectivity index (χ3v) is 4.68. The zero-order valence-corrected chi connectivity index (χ0v) is 14.5. The average Bonchev–Trinajstić information content (AvgIpc) is 3.16. The molecule has 2 amide bonds. The minimum atomic E-state index is -0.416. The molecule has 1 aromatic heterocycles. The van der Waals surface area contributed by atoms with Crippen LogP contribution in [0.5, 0.6) is 5.75 Å². The van der Waals surface area contributed by atoms with Gasteiger partial charge in [-0.2, -0.15) is 5.10 Å². The molecule has 1 aromatic carbocycles. The number of likely N-dealkylation sites (tertiary alicyclic amines) is 1. The van der Waals surface area contributed by atoms with Crippen LogP contribution < -0.4 is 10.1 Å². The van der Waals surface area contributed by atoms with Gasteiger partial charge in [0.1, 0.15) is 0 Å². The van der Waals surface area contributed by atoms with Gasteiger partial charge in [0.15, 0.2) is 11.6 Å². The van der Waals surface area contributed by atoms with Crippen LogP contribution in [0.3, 0.4) is 0 Å². The van der Waals surface area contributed by atoms with Gasteiger partial charge in [-0.3, -0.25) is 5.10 Å². The quantitative estimate of drug-likeness (QED) is 0.889. The zero-order valence-electron chi connectivity index (χ0n) is 14.5. The summed E-state index contributed by atoms with van der Waals surface area (Å²) in [6.07, 6.45) is 6.60. The third-order valence-electron chi connectivity index (χ3n) is 4.68. The first kappa shape index (κ1) is 17.3. The lowest BCUT2D eigenvalue weighted by Gasteiger charge is -2.36. The van der Waals surface area contributed by atoms with Crippen molar-refractivity contribution in [2.24, 2.45) is 0 Å². The minimum Gasteiger partial charge on any atom is -0.494 e. The number of urea groups is 1. The molecular weight excluding hydrogens is 323 g/mol. The molecule has 0 bridgehead atoms. The number of carbonyl (C=O) groups is 1. The molecule has 0 saturated carbocycles. The number of piperidine rings is 1. The zero-order chi connectivity index (χ0) is 17.8. The maximum atomic E-state index is 13.6. The van der Waals surface area contributed by atoms with Crippen molar-refractivity contribution in [3.05, 3.63) is 47.5 Å². The number of hydrogen-bond acceptors (Lipinski definition) is 3. The first-order valence-corrected chi connectivity index (χ1v) is 8.49. The van der Waals surface area contributed by atoms with E-state index < -0.39 is 5.82 Å². The lowest BCUT2D eigenvalue weighted by Crippen LogP contribution is -2.45. The molecule has 0 spiro atoms. The molecule has 0 aliphatic carbocycles. The topological polar surface area (TPSA) is 70.2 Å². The summed E-state index contributed by atoms with van der Waals surface area (Å²) in [4.78, 5) is 14.6. The first-order chi connectivity index (χ1) is 12.1. The second-order valence-corrected chi connectivity index (χ2v) is 6.30. The fourth-order valence-corrected chi connectivity index (χ4v) is 3.26. The van der Waals surface area contributed by atoms with Crippen LogP contribution in [-0.4, -0.2) is 34.8 Å². The highest BCUT2D eigenvalue weighted by molar-refractivity contribution is 5.75. The van der Waals surface area contributed by atoms with Crippen LogP contribution >= 0.6 is 0 Å². The van der Waals surface area contributed by atoms with Crippen LogP contribution in [0, 0.1) is 5.82 Å². The van der Waals surface area contributed by atoms with Gasteiger partial charge >= 0.3 is 6.03 Å². The lowest BCUT2D eigenvalue weighted by molar-refractivity contribution is 0.149. The molecule has 25 heavy (non-hydrogen) atoms. The van der Waals surface area contributed by atoms with Gasteiger partial charge in [-0.15, -0.1) is 0 Å². The van der Waals surface area contributed by atoms with E-state index in [4.69, 9.17) is 4.74 Å². The summed E-state index contributed by atoms with van der Waals surface area (Å²) in [5, 5.41) is 9.81. The van der Waals surface area contributed by atoms with Gasteiger partial charge in [0.05, 0.1) is 25.4 Å². The number of carbonyl (C=O) groups excluding carboxylic acids is 1. The Morgan fingerprint density at radius 2 is 2.32 bits per heavy atom. The first-order valence-electron chi connectivity index (χ1n) is 8.49. The number of amides is 2. The number of H-pyrrole nitrogens is 1. The summed E-state index contributed by atoms with van der Waals surface area (Å²) in [6, 6.07) is 4.28. The molecule has 2 aromatic rings. The van der Waals surface area contributed by atoms with Gasteiger partial charge < -0.3 is 15.0 Å². The van der Waals surface area contributed by atoms with Gasteiger partial charge in [-0.1, -0.05) is 6.07 Å². The van der Waals surface area contributed by atoms with Crippen molar-refractivity contribution in [1.82, 2.24) is 20.4 Å². The van der Waals surface area contributed by atoms with Gasteiger partial charge in [-0.25, -0.2) is 9.18 Å². The summed E-state index contributed by atoms with van der Waals surface area (Å²) >= 11 is 0. The van der Waals surface area contributed by atoms with Gasteiger partial charge in [0.25, 0.3) is 0 Å². The number of nitrogens with zero attached hydrogens (tertiary/aromatic N) is 2. The second-order valence-electron chi connectivity index (χ2n) is 6.30. The number of aromatic nitrogens is 2. The number of methoxy groups -OCH3 is 1. The normalized spacial score (nSPS) is 18.7. The van der Waals surface area contributed by atoms with E-state index in [0.29, 0.717) is 6.54 Å². The molecule has 2 heterocycles. The molecule has 7 heteroatoms. The van der Waals surface area contributed by atoms with Crippen molar-refractivity contribution in [3.8, 4) is 5.75 Å². The monoisotopic (exact) mass is 346 g/mol. The number of halogens is 1. The van der Waals surface area contributed by atoms with Crippen LogP contribution in [0.25, 0.3) is 0 Å². The van der Waals surface area contributed by atoms with Gasteiger partial charge in [-0.05, 0) is 43.9 Å². The van der Waals surface area contributed by atoms with Crippen molar-refractivity contribution in [1.29, 1.82) is 0 Å². The molecule has 0 radical (unpaired) electrons. The molecule has 1 saturated heterocycles. The maximum Gasteiger partial charge on any atom is 0.318 e. The largest absolute Gasteiger partial charge is 0.494 e. The third kappa shape index (κ3) is 3.75. The van der Waals surface area contributed by atoms with Crippen LogP contribution in [0.2, 0.25) is 0 Å². The summed E-state index contributed by atoms with van der Waals surface area (Å²) in [5.41, 5.74) is 1.81. The van der Waals surface area contributed by atoms with Crippen LogP contribution in [0.15, 0.2) is 30.6 Å². The Hall–Kier alpha value is -2.57. The molecular formula is C18H23FN4O2. The van der Waals surface area contributed by atoms with E-state index in [0.717, 1.165) is 30.4 Å². The number of benzene rings is 1. The second kappa shape index (κ2) is 7.55. The van der Waals surface area contributed by atoms with Crippen LogP contribution in [-0.2, 0) is 0 Å². The molecule has 3 rings (SSSR count). The Balaban J connectivity index is 1.71. The van der Waals surface area contributed by atoms with E-state index in [1.807, 2.05) is 18.0 Å². The number of ether oxygens (including phenoxy) is 1. The van der Waals surface area contributed by atoms with Gasteiger partial charge in [0.2, 0.25) is 0 Å². The molecule has 2 N–H and O–H groups in total. The molecule has 6 nitrogen and oxygen atoms in total. The van der Waals surface area contributed by atoms with Crippen molar-refractivity contribution in [2.75, 3.05) is 13.7 Å². The summed E-state index contributed by atoms with van der Waals surface area (Å²) in [7, 11) is 1.43. The Bertz CT molecular complexity index is 720. The molecule has 1 aliphatic rings. The van der Waals surface area contributed by atoms with Crippen molar-refractivity contribution >= 4 is 6.03 Å². The Kier molecular flexibility index (Phi) is 5.21. The SMILES string of the molecule is COc1cc(C(C)NC(=O)N2CCCCC2c2cn[nH]c2)ccc1F. The van der Waals surface area contributed by atoms with Crippen molar-refractivity contribution in [2.45, 2.75) is 38.3 Å². The summed E-state index contributed by atoms with van der Waals surface area (Å²) in [5.74, 6) is -0.242. The highest BCUT2D eigenvalue weighted by Crippen LogP contribution is 2.31. The van der Waals surface area contributed by atoms with Crippen molar-refractivity contribution in [3.63, 3.8) is 0 Å². The predicted molar refractivity (Wildman–Crippen MR) is 91.8 cm³/mol. The number of hydrogen-bond donors (Lipinski definition) is 2. The summed E-state index contributed by atoms with van der Waals surface area (Å²) < 4.78 is 18.6. The molecule has 1 fully saturated rings.